The molecule has 120 valence electrons. The van der Waals surface area contributed by atoms with Crippen LogP contribution in [0.1, 0.15) is 28.4 Å². The second-order valence-electron chi connectivity index (χ2n) is 6.18. The lowest BCUT2D eigenvalue weighted by Crippen LogP contribution is -2.40. The van der Waals surface area contributed by atoms with Crippen LogP contribution in [0.25, 0.3) is 0 Å². The van der Waals surface area contributed by atoms with Crippen LogP contribution in [0.15, 0.2) is 29.1 Å². The van der Waals surface area contributed by atoms with Crippen molar-refractivity contribution in [2.45, 2.75) is 25.4 Å². The van der Waals surface area contributed by atoms with Gasteiger partial charge in [-0.25, -0.2) is 0 Å². The zero-order valence-electron chi connectivity index (χ0n) is 13.4. The molecule has 0 unspecified atom stereocenters. The van der Waals surface area contributed by atoms with Gasteiger partial charge >= 0.3 is 0 Å². The normalized spacial score (nSPS) is 19.5. The van der Waals surface area contributed by atoms with Crippen molar-refractivity contribution < 1.29 is 9.47 Å². The van der Waals surface area contributed by atoms with Gasteiger partial charge in [0.2, 0.25) is 0 Å². The molecule has 0 bridgehead atoms. The predicted octanol–water partition coefficient (Wildman–Crippen LogP) is 2.05. The molecule has 0 amide bonds. The quantitative estimate of drug-likeness (QED) is 0.922. The maximum Gasteiger partial charge on any atom is 0.290 e. The van der Waals surface area contributed by atoms with Gasteiger partial charge in [-0.15, -0.1) is 0 Å². The number of nitrogens with one attached hydrogen (secondary N) is 1. The molecule has 3 heterocycles. The van der Waals surface area contributed by atoms with Gasteiger partial charge in [-0.05, 0) is 47.7 Å². The number of benzene rings is 1. The fourth-order valence-electron chi connectivity index (χ4n) is 3.75. The van der Waals surface area contributed by atoms with Crippen LogP contribution in [0.4, 0.5) is 0 Å². The van der Waals surface area contributed by atoms with Crippen molar-refractivity contribution in [3.63, 3.8) is 0 Å². The first-order chi connectivity index (χ1) is 11.2. The Hall–Kier alpha value is -2.27. The smallest absolute Gasteiger partial charge is 0.290 e. The number of aromatic amines is 1. The fourth-order valence-corrected chi connectivity index (χ4v) is 3.75. The number of hydrogen-bond donors (Lipinski definition) is 1. The van der Waals surface area contributed by atoms with Crippen LogP contribution in [0.3, 0.4) is 0 Å². The molecule has 1 aromatic carbocycles. The number of nitrogens with zero attached hydrogens (tertiary/aromatic N) is 1. The first kappa shape index (κ1) is 14.3. The summed E-state index contributed by atoms with van der Waals surface area (Å²) in [7, 11) is 3.24. The molecule has 4 rings (SSSR count). The standard InChI is InChI=1S/C18H20N2O3/c1-22-14-4-3-11-8-15-17-12(9-16(23-2)18(21)19-17)5-6-20(15)10-13(11)7-14/h3-4,7,9,15H,5-6,8,10H2,1-2H3,(H,19,21)/t15-/m0/s1. The highest BCUT2D eigenvalue weighted by molar-refractivity contribution is 5.41. The SMILES string of the molecule is COc1ccc2c(c1)CN1CCc3cc(OC)c(=O)[nH]c3[C@@H]1C2. The van der Waals surface area contributed by atoms with E-state index < -0.39 is 0 Å². The van der Waals surface area contributed by atoms with Gasteiger partial charge in [0.15, 0.2) is 5.75 Å². The number of H-pyrrole nitrogens is 1. The Morgan fingerprint density at radius 3 is 2.78 bits per heavy atom. The number of methoxy groups -OCH3 is 2. The zero-order valence-corrected chi connectivity index (χ0v) is 13.4. The Labute approximate surface area is 134 Å². The average Bonchev–Trinajstić information content (AvgIpc) is 2.59. The predicted molar refractivity (Wildman–Crippen MR) is 87.2 cm³/mol. The summed E-state index contributed by atoms with van der Waals surface area (Å²) in [5.41, 5.74) is 4.74. The highest BCUT2D eigenvalue weighted by Crippen LogP contribution is 2.38. The molecule has 2 aliphatic heterocycles. The number of rotatable bonds is 2. The van der Waals surface area contributed by atoms with E-state index in [0.717, 1.165) is 37.4 Å². The van der Waals surface area contributed by atoms with Gasteiger partial charge < -0.3 is 14.5 Å². The summed E-state index contributed by atoms with van der Waals surface area (Å²) in [4.78, 5) is 17.6. The van der Waals surface area contributed by atoms with Crippen LogP contribution in [0, 0.1) is 0 Å². The van der Waals surface area contributed by atoms with E-state index >= 15 is 0 Å². The van der Waals surface area contributed by atoms with Crippen molar-refractivity contribution in [3.8, 4) is 11.5 Å². The summed E-state index contributed by atoms with van der Waals surface area (Å²) in [6.07, 6.45) is 1.84. The maximum absolute atomic E-state index is 12.1. The molecule has 5 heteroatoms. The van der Waals surface area contributed by atoms with E-state index in [1.54, 1.807) is 7.11 Å². The maximum atomic E-state index is 12.1. The molecular formula is C18H20N2O3. The van der Waals surface area contributed by atoms with E-state index in [9.17, 15) is 4.79 Å². The summed E-state index contributed by atoms with van der Waals surface area (Å²) in [5.74, 6) is 1.30. The third kappa shape index (κ3) is 2.32. The van der Waals surface area contributed by atoms with E-state index in [1.807, 2.05) is 12.1 Å². The summed E-state index contributed by atoms with van der Waals surface area (Å²) < 4.78 is 10.5. The van der Waals surface area contributed by atoms with Gasteiger partial charge in [0, 0.05) is 18.8 Å². The number of ether oxygens (including phenoxy) is 2. The molecule has 0 aliphatic carbocycles. The van der Waals surface area contributed by atoms with E-state index in [1.165, 1.54) is 23.8 Å². The van der Waals surface area contributed by atoms with Crippen LogP contribution in [-0.4, -0.2) is 30.6 Å². The lowest BCUT2D eigenvalue weighted by Gasteiger charge is -2.41. The summed E-state index contributed by atoms with van der Waals surface area (Å²) >= 11 is 0. The molecule has 23 heavy (non-hydrogen) atoms. The molecular weight excluding hydrogens is 292 g/mol. The molecule has 1 atom stereocenters. The molecule has 0 saturated carbocycles. The zero-order chi connectivity index (χ0) is 16.0. The molecule has 1 aromatic heterocycles. The van der Waals surface area contributed by atoms with Gasteiger partial charge in [0.1, 0.15) is 5.75 Å². The molecule has 5 nitrogen and oxygen atoms in total. The van der Waals surface area contributed by atoms with Crippen LogP contribution < -0.4 is 15.0 Å². The Bertz CT molecular complexity index is 812. The van der Waals surface area contributed by atoms with Crippen LogP contribution >= 0.6 is 0 Å². The summed E-state index contributed by atoms with van der Waals surface area (Å²) in [6.45, 7) is 1.88. The molecule has 0 saturated heterocycles. The lowest BCUT2D eigenvalue weighted by molar-refractivity contribution is 0.156. The second-order valence-corrected chi connectivity index (χ2v) is 6.18. The van der Waals surface area contributed by atoms with Crippen molar-refractivity contribution in [2.75, 3.05) is 20.8 Å². The van der Waals surface area contributed by atoms with E-state index in [0.29, 0.717) is 5.75 Å². The minimum atomic E-state index is -0.145. The Morgan fingerprint density at radius 1 is 1.13 bits per heavy atom. The van der Waals surface area contributed by atoms with Crippen molar-refractivity contribution in [2.24, 2.45) is 0 Å². The third-order valence-corrected chi connectivity index (χ3v) is 4.99. The Morgan fingerprint density at radius 2 is 2.00 bits per heavy atom. The Balaban J connectivity index is 1.74. The summed E-state index contributed by atoms with van der Waals surface area (Å²) in [5, 5.41) is 0. The molecule has 1 N–H and O–H groups in total. The van der Waals surface area contributed by atoms with E-state index in [-0.39, 0.29) is 11.6 Å². The van der Waals surface area contributed by atoms with Crippen molar-refractivity contribution >= 4 is 0 Å². The topological polar surface area (TPSA) is 54.6 Å². The first-order valence-corrected chi connectivity index (χ1v) is 7.89. The van der Waals surface area contributed by atoms with Crippen LogP contribution in [-0.2, 0) is 19.4 Å². The van der Waals surface area contributed by atoms with Crippen LogP contribution in [0.2, 0.25) is 0 Å². The van der Waals surface area contributed by atoms with E-state index in [4.69, 9.17) is 9.47 Å². The van der Waals surface area contributed by atoms with Gasteiger partial charge in [0.25, 0.3) is 5.56 Å². The second kappa shape index (κ2) is 5.42. The van der Waals surface area contributed by atoms with Crippen molar-refractivity contribution in [3.05, 3.63) is 57.0 Å². The monoisotopic (exact) mass is 312 g/mol. The number of hydrogen-bond acceptors (Lipinski definition) is 4. The van der Waals surface area contributed by atoms with E-state index in [2.05, 4.69) is 22.0 Å². The Kier molecular flexibility index (Phi) is 3.38. The number of fused-ring (bicyclic) bond motifs is 4. The average molecular weight is 312 g/mol. The van der Waals surface area contributed by atoms with Crippen LogP contribution in [0.5, 0.6) is 11.5 Å². The minimum absolute atomic E-state index is 0.145. The largest absolute Gasteiger partial charge is 0.497 e. The number of pyridine rings is 1. The summed E-state index contributed by atoms with van der Waals surface area (Å²) in [6, 6.07) is 8.40. The molecule has 2 aliphatic rings. The molecule has 0 spiro atoms. The fraction of sp³-hybridized carbons (Fsp3) is 0.389. The molecule has 0 radical (unpaired) electrons. The molecule has 2 aromatic rings. The highest BCUT2D eigenvalue weighted by Gasteiger charge is 2.33. The van der Waals surface area contributed by atoms with Crippen molar-refractivity contribution in [1.29, 1.82) is 0 Å². The lowest BCUT2D eigenvalue weighted by atomic mass is 9.87. The van der Waals surface area contributed by atoms with Gasteiger partial charge in [-0.1, -0.05) is 6.07 Å². The third-order valence-electron chi connectivity index (χ3n) is 4.99. The molecule has 0 fully saturated rings. The van der Waals surface area contributed by atoms with Gasteiger partial charge in [-0.3, -0.25) is 9.69 Å². The highest BCUT2D eigenvalue weighted by atomic mass is 16.5. The van der Waals surface area contributed by atoms with Crippen molar-refractivity contribution in [1.82, 2.24) is 9.88 Å². The number of aromatic nitrogens is 1. The first-order valence-electron chi connectivity index (χ1n) is 7.89. The minimum Gasteiger partial charge on any atom is -0.497 e. The van der Waals surface area contributed by atoms with Gasteiger partial charge in [-0.2, -0.15) is 0 Å². The van der Waals surface area contributed by atoms with Gasteiger partial charge in [0.05, 0.1) is 20.3 Å².